The van der Waals surface area contributed by atoms with Gasteiger partial charge in [-0.3, -0.25) is 4.68 Å². The van der Waals surface area contributed by atoms with Gasteiger partial charge >= 0.3 is 6.03 Å². The first-order valence-electron chi connectivity index (χ1n) is 7.47. The largest absolute Gasteiger partial charge is 0.321 e. The molecule has 0 spiro atoms. The van der Waals surface area contributed by atoms with Crippen molar-refractivity contribution in [2.24, 2.45) is 0 Å². The van der Waals surface area contributed by atoms with E-state index in [4.69, 9.17) is 0 Å². The number of hydrogen-bond acceptors (Lipinski definition) is 5. The highest BCUT2D eigenvalue weighted by Gasteiger charge is 2.12. The number of aromatic nitrogens is 4. The zero-order chi connectivity index (χ0) is 16.9. The molecule has 3 aromatic rings. The van der Waals surface area contributed by atoms with Gasteiger partial charge in [0, 0.05) is 25.1 Å². The highest BCUT2D eigenvalue weighted by atomic mass is 32.1. The molecule has 0 aliphatic rings. The van der Waals surface area contributed by atoms with Crippen LogP contribution in [0.5, 0.6) is 0 Å². The molecule has 2 heterocycles. The molecule has 1 N–H and O–H groups in total. The molecule has 0 saturated heterocycles. The van der Waals surface area contributed by atoms with Crippen molar-refractivity contribution in [2.45, 2.75) is 20.0 Å². The number of carbonyl (C=O) groups is 1. The number of aryl methyl sites for hydroxylation is 1. The first-order chi connectivity index (χ1) is 11.6. The molecule has 2 aromatic heterocycles. The third-order valence-corrected chi connectivity index (χ3v) is 4.22. The van der Waals surface area contributed by atoms with Crippen LogP contribution in [0.4, 0.5) is 10.5 Å². The number of nitrogens with zero attached hydrogens (tertiary/aromatic N) is 5. The number of rotatable bonds is 5. The van der Waals surface area contributed by atoms with Crippen molar-refractivity contribution in [3.8, 4) is 0 Å². The van der Waals surface area contributed by atoms with E-state index in [2.05, 4.69) is 20.6 Å². The number of benzene rings is 1. The Morgan fingerprint density at radius 1 is 1.29 bits per heavy atom. The third kappa shape index (κ3) is 4.17. The highest BCUT2D eigenvalue weighted by Crippen LogP contribution is 2.13. The minimum atomic E-state index is -0.178. The van der Waals surface area contributed by atoms with Crippen molar-refractivity contribution in [3.05, 3.63) is 58.3 Å². The summed E-state index contributed by atoms with van der Waals surface area (Å²) in [6, 6.07) is 9.45. The van der Waals surface area contributed by atoms with Crippen LogP contribution in [0.1, 0.15) is 15.6 Å². The van der Waals surface area contributed by atoms with E-state index < -0.39 is 0 Å². The molecule has 0 bridgehead atoms. The van der Waals surface area contributed by atoms with Crippen LogP contribution in [0, 0.1) is 6.92 Å². The SMILES string of the molecule is Cc1nnc(CN(C)C(=O)Nc2ccc(Cn3cccn3)cc2)s1. The van der Waals surface area contributed by atoms with Crippen LogP contribution in [0.3, 0.4) is 0 Å². The normalized spacial score (nSPS) is 10.6. The molecule has 0 saturated carbocycles. The average Bonchev–Trinajstić information content (AvgIpc) is 3.21. The topological polar surface area (TPSA) is 75.9 Å². The number of carbonyl (C=O) groups excluding carboxylic acids is 1. The molecular formula is C16H18N6OS. The fourth-order valence-electron chi connectivity index (χ4n) is 2.17. The molecule has 0 radical (unpaired) electrons. The van der Waals surface area contributed by atoms with Gasteiger partial charge in [-0.2, -0.15) is 5.10 Å². The molecule has 0 aliphatic carbocycles. The van der Waals surface area contributed by atoms with E-state index in [9.17, 15) is 4.79 Å². The molecule has 124 valence electrons. The van der Waals surface area contributed by atoms with Crippen molar-refractivity contribution in [2.75, 3.05) is 12.4 Å². The Morgan fingerprint density at radius 2 is 2.08 bits per heavy atom. The zero-order valence-corrected chi connectivity index (χ0v) is 14.3. The number of hydrogen-bond donors (Lipinski definition) is 1. The van der Waals surface area contributed by atoms with E-state index in [1.54, 1.807) is 18.1 Å². The Balaban J connectivity index is 1.55. The van der Waals surface area contributed by atoms with E-state index >= 15 is 0 Å². The quantitative estimate of drug-likeness (QED) is 0.773. The van der Waals surface area contributed by atoms with Crippen LogP contribution in [-0.4, -0.2) is 38.0 Å². The minimum absolute atomic E-state index is 0.178. The predicted molar refractivity (Wildman–Crippen MR) is 92.9 cm³/mol. The summed E-state index contributed by atoms with van der Waals surface area (Å²) in [4.78, 5) is 13.8. The van der Waals surface area contributed by atoms with Gasteiger partial charge in [-0.1, -0.05) is 23.5 Å². The van der Waals surface area contributed by atoms with Crippen molar-refractivity contribution in [1.82, 2.24) is 24.9 Å². The molecule has 0 fully saturated rings. The Bertz CT molecular complexity index is 796. The van der Waals surface area contributed by atoms with Crippen LogP contribution < -0.4 is 5.32 Å². The summed E-state index contributed by atoms with van der Waals surface area (Å²) in [5, 5.41) is 16.8. The standard InChI is InChI=1S/C16H18N6OS/c1-12-19-20-15(24-12)11-21(2)16(23)18-14-6-4-13(5-7-14)10-22-9-3-8-17-22/h3-9H,10-11H2,1-2H3,(H,18,23). The fraction of sp³-hybridized carbons (Fsp3) is 0.250. The summed E-state index contributed by atoms with van der Waals surface area (Å²) in [6.07, 6.45) is 3.67. The van der Waals surface area contributed by atoms with Gasteiger partial charge in [0.25, 0.3) is 0 Å². The summed E-state index contributed by atoms with van der Waals surface area (Å²) in [6.45, 7) is 3.04. The van der Waals surface area contributed by atoms with E-state index in [-0.39, 0.29) is 6.03 Å². The summed E-state index contributed by atoms with van der Waals surface area (Å²) < 4.78 is 1.85. The van der Waals surface area contributed by atoms with Crippen LogP contribution in [0.25, 0.3) is 0 Å². The van der Waals surface area contributed by atoms with Gasteiger partial charge in [0.15, 0.2) is 0 Å². The summed E-state index contributed by atoms with van der Waals surface area (Å²) in [7, 11) is 1.73. The maximum atomic E-state index is 12.2. The molecule has 0 aliphatic heterocycles. The molecule has 1 aromatic carbocycles. The molecule has 2 amide bonds. The van der Waals surface area contributed by atoms with Gasteiger partial charge in [0.2, 0.25) is 0 Å². The molecule has 0 unspecified atom stereocenters. The predicted octanol–water partition coefficient (Wildman–Crippen LogP) is 2.76. The molecule has 8 heteroatoms. The van der Waals surface area contributed by atoms with Crippen molar-refractivity contribution in [1.29, 1.82) is 0 Å². The van der Waals surface area contributed by atoms with Gasteiger partial charge in [-0.05, 0) is 30.7 Å². The fourth-order valence-corrected chi connectivity index (χ4v) is 2.93. The Kier molecular flexibility index (Phi) is 4.85. The first-order valence-corrected chi connectivity index (χ1v) is 8.29. The highest BCUT2D eigenvalue weighted by molar-refractivity contribution is 7.11. The monoisotopic (exact) mass is 342 g/mol. The molecule has 0 atom stereocenters. The molecule has 3 rings (SSSR count). The Morgan fingerprint density at radius 3 is 2.71 bits per heavy atom. The van der Waals surface area contributed by atoms with E-state index in [1.165, 1.54) is 11.3 Å². The summed E-state index contributed by atoms with van der Waals surface area (Å²) in [5.74, 6) is 0. The summed E-state index contributed by atoms with van der Waals surface area (Å²) >= 11 is 1.49. The second-order valence-electron chi connectivity index (χ2n) is 5.40. The van der Waals surface area contributed by atoms with Crippen LogP contribution in [0.15, 0.2) is 42.7 Å². The van der Waals surface area contributed by atoms with E-state index in [1.807, 2.05) is 48.1 Å². The molecular weight excluding hydrogens is 324 g/mol. The number of amides is 2. The minimum Gasteiger partial charge on any atom is -0.321 e. The van der Waals surface area contributed by atoms with Gasteiger partial charge in [-0.15, -0.1) is 10.2 Å². The first kappa shape index (κ1) is 16.1. The maximum Gasteiger partial charge on any atom is 0.321 e. The maximum absolute atomic E-state index is 12.2. The van der Waals surface area contributed by atoms with Gasteiger partial charge < -0.3 is 10.2 Å². The number of urea groups is 1. The third-order valence-electron chi connectivity index (χ3n) is 3.40. The lowest BCUT2D eigenvalue weighted by atomic mass is 10.2. The number of nitrogens with one attached hydrogen (secondary N) is 1. The second-order valence-corrected chi connectivity index (χ2v) is 6.67. The molecule has 7 nitrogen and oxygen atoms in total. The van der Waals surface area contributed by atoms with Gasteiger partial charge in [0.05, 0.1) is 13.1 Å². The van der Waals surface area contributed by atoms with Crippen molar-refractivity contribution in [3.63, 3.8) is 0 Å². The smallest absolute Gasteiger partial charge is 0.321 e. The Labute approximate surface area is 143 Å². The lowest BCUT2D eigenvalue weighted by Crippen LogP contribution is -2.30. The lowest BCUT2D eigenvalue weighted by Gasteiger charge is -2.16. The zero-order valence-electron chi connectivity index (χ0n) is 13.5. The van der Waals surface area contributed by atoms with Crippen molar-refractivity contribution >= 4 is 23.1 Å². The van der Waals surface area contributed by atoms with Gasteiger partial charge in [0.1, 0.15) is 10.0 Å². The van der Waals surface area contributed by atoms with E-state index in [0.29, 0.717) is 13.1 Å². The average molecular weight is 342 g/mol. The van der Waals surface area contributed by atoms with Crippen LogP contribution >= 0.6 is 11.3 Å². The summed E-state index contributed by atoms with van der Waals surface area (Å²) in [5.41, 5.74) is 1.87. The van der Waals surface area contributed by atoms with Crippen LogP contribution in [-0.2, 0) is 13.1 Å². The molecule has 24 heavy (non-hydrogen) atoms. The Hall–Kier alpha value is -2.74. The van der Waals surface area contributed by atoms with Crippen molar-refractivity contribution < 1.29 is 4.79 Å². The number of anilines is 1. The lowest BCUT2D eigenvalue weighted by molar-refractivity contribution is 0.220. The second kappa shape index (κ2) is 7.22. The van der Waals surface area contributed by atoms with Crippen LogP contribution in [0.2, 0.25) is 0 Å². The van der Waals surface area contributed by atoms with Gasteiger partial charge in [-0.25, -0.2) is 4.79 Å². The van der Waals surface area contributed by atoms with E-state index in [0.717, 1.165) is 21.3 Å².